The molecule has 2 unspecified atom stereocenters. The van der Waals surface area contributed by atoms with Crippen molar-refractivity contribution < 1.29 is 80.2 Å². The molecular weight excluding hydrogens is 1430 g/mol. The third-order valence-electron chi connectivity index (χ3n) is 21.5. The SMILES string of the molecule is CCCCCCCCCCCCCCCCCCCCC(=O)OC[C@H](COP(=O)(O)OC[C@@H](O)COP(=O)(O)OC[C@@H](COC(=O)CCCCCCCCCCCCCCC)OC(=O)CCCCCCCCCCCCCCCCCCCC)OC(=O)CCCCCCCCCCCCCCCCCCCCC(C)C. The molecule has 19 heteroatoms. The van der Waals surface area contributed by atoms with Gasteiger partial charge in [-0.05, 0) is 31.6 Å². The lowest BCUT2D eigenvalue weighted by Crippen LogP contribution is -2.30. The van der Waals surface area contributed by atoms with Crippen LogP contribution in [0.5, 0.6) is 0 Å². The zero-order valence-corrected chi connectivity index (χ0v) is 74.2. The Balaban J connectivity index is 5.26. The first-order chi connectivity index (χ1) is 53.5. The summed E-state index contributed by atoms with van der Waals surface area (Å²) >= 11 is 0. The highest BCUT2D eigenvalue weighted by molar-refractivity contribution is 7.47. The van der Waals surface area contributed by atoms with E-state index in [4.69, 9.17) is 37.0 Å². The molecule has 3 N–H and O–H groups in total. The van der Waals surface area contributed by atoms with E-state index >= 15 is 0 Å². The molecule has 0 fully saturated rings. The molecule has 0 rings (SSSR count). The highest BCUT2D eigenvalue weighted by Crippen LogP contribution is 2.45. The topological polar surface area (TPSA) is 237 Å². The number of hydrogen-bond acceptors (Lipinski definition) is 15. The first-order valence-corrected chi connectivity index (χ1v) is 50.1. The summed E-state index contributed by atoms with van der Waals surface area (Å²) in [6, 6.07) is 0. The normalized spacial score (nSPS) is 13.7. The van der Waals surface area contributed by atoms with E-state index in [2.05, 4.69) is 34.6 Å². The Kier molecular flexibility index (Phi) is 82.1. The Bertz CT molecular complexity index is 2080. The van der Waals surface area contributed by atoms with E-state index < -0.39 is 97.5 Å². The van der Waals surface area contributed by atoms with E-state index in [1.54, 1.807) is 0 Å². The molecule has 0 aromatic heterocycles. The van der Waals surface area contributed by atoms with E-state index in [0.717, 1.165) is 95.8 Å². The number of carbonyl (C=O) groups excluding carboxylic acids is 4. The van der Waals surface area contributed by atoms with Crippen molar-refractivity contribution in [3.63, 3.8) is 0 Å². The van der Waals surface area contributed by atoms with Crippen LogP contribution in [0.2, 0.25) is 0 Å². The van der Waals surface area contributed by atoms with Gasteiger partial charge in [-0.15, -0.1) is 0 Å². The summed E-state index contributed by atoms with van der Waals surface area (Å²) in [5, 5.41) is 10.7. The van der Waals surface area contributed by atoms with Crippen LogP contribution in [-0.4, -0.2) is 96.7 Å². The minimum atomic E-state index is -4.97. The summed E-state index contributed by atoms with van der Waals surface area (Å²) in [7, 11) is -9.94. The lowest BCUT2D eigenvalue weighted by molar-refractivity contribution is -0.161. The number of phosphoric acid groups is 2. The Morgan fingerprint density at radius 1 is 0.245 bits per heavy atom. The van der Waals surface area contributed by atoms with Gasteiger partial charge in [-0.1, -0.05) is 446 Å². The first-order valence-electron chi connectivity index (χ1n) is 47.1. The molecule has 0 saturated carbocycles. The maximum Gasteiger partial charge on any atom is 0.472 e. The third kappa shape index (κ3) is 84.0. The largest absolute Gasteiger partial charge is 0.472 e. The molecule has 0 heterocycles. The molecule has 0 saturated heterocycles. The summed E-state index contributed by atoms with van der Waals surface area (Å²) in [6.45, 7) is 7.44. The van der Waals surface area contributed by atoms with Crippen molar-refractivity contribution in [3.8, 4) is 0 Å². The summed E-state index contributed by atoms with van der Waals surface area (Å²) in [6.07, 6.45) is 79.1. The number of hydrogen-bond donors (Lipinski definition) is 3. The van der Waals surface area contributed by atoms with Crippen LogP contribution in [0.1, 0.15) is 497 Å². The summed E-state index contributed by atoms with van der Waals surface area (Å²) < 4.78 is 69.1. The molecular formula is C91H178O17P2. The van der Waals surface area contributed by atoms with Crippen molar-refractivity contribution in [2.75, 3.05) is 39.6 Å². The van der Waals surface area contributed by atoms with Crippen LogP contribution in [0.3, 0.4) is 0 Å². The number of unbranched alkanes of at least 4 members (excludes halogenated alkanes) is 63. The number of carbonyl (C=O) groups is 4. The highest BCUT2D eigenvalue weighted by Gasteiger charge is 2.31. The number of esters is 4. The van der Waals surface area contributed by atoms with Crippen molar-refractivity contribution in [2.24, 2.45) is 5.92 Å². The minimum absolute atomic E-state index is 0.110. The molecule has 654 valence electrons. The zero-order valence-electron chi connectivity index (χ0n) is 72.4. The van der Waals surface area contributed by atoms with E-state index in [-0.39, 0.29) is 25.7 Å². The second-order valence-electron chi connectivity index (χ2n) is 33.2. The molecule has 0 aliphatic heterocycles. The van der Waals surface area contributed by atoms with Gasteiger partial charge in [0.15, 0.2) is 12.2 Å². The van der Waals surface area contributed by atoms with Gasteiger partial charge in [-0.3, -0.25) is 37.3 Å². The number of aliphatic hydroxyl groups is 1. The fourth-order valence-corrected chi connectivity index (χ4v) is 15.9. The van der Waals surface area contributed by atoms with Crippen molar-refractivity contribution in [1.82, 2.24) is 0 Å². The summed E-state index contributed by atoms with van der Waals surface area (Å²) in [5.41, 5.74) is 0. The lowest BCUT2D eigenvalue weighted by Gasteiger charge is -2.21. The molecule has 0 aromatic rings. The molecule has 0 aliphatic carbocycles. The van der Waals surface area contributed by atoms with E-state index in [1.165, 1.54) is 321 Å². The van der Waals surface area contributed by atoms with Gasteiger partial charge in [0, 0.05) is 25.7 Å². The predicted molar refractivity (Wildman–Crippen MR) is 455 cm³/mol. The molecule has 0 bridgehead atoms. The Hall–Kier alpha value is -1.94. The Morgan fingerprint density at radius 2 is 0.418 bits per heavy atom. The molecule has 0 amide bonds. The maximum atomic E-state index is 13.2. The Labute approximate surface area is 677 Å². The molecule has 0 radical (unpaired) electrons. The lowest BCUT2D eigenvalue weighted by atomic mass is 10.0. The van der Waals surface area contributed by atoms with Crippen LogP contribution >= 0.6 is 15.6 Å². The third-order valence-corrected chi connectivity index (χ3v) is 23.4. The quantitative estimate of drug-likeness (QED) is 0.0222. The molecule has 17 nitrogen and oxygen atoms in total. The molecule has 0 spiro atoms. The molecule has 0 aromatic carbocycles. The van der Waals surface area contributed by atoms with Gasteiger partial charge < -0.3 is 33.8 Å². The monoisotopic (exact) mass is 1610 g/mol. The van der Waals surface area contributed by atoms with Gasteiger partial charge in [0.05, 0.1) is 26.4 Å². The van der Waals surface area contributed by atoms with Gasteiger partial charge in [0.2, 0.25) is 0 Å². The van der Waals surface area contributed by atoms with Crippen molar-refractivity contribution in [2.45, 2.75) is 515 Å². The first kappa shape index (κ1) is 108. The van der Waals surface area contributed by atoms with Crippen molar-refractivity contribution in [1.29, 1.82) is 0 Å². The van der Waals surface area contributed by atoms with E-state index in [1.807, 2.05) is 0 Å². The summed E-state index contributed by atoms with van der Waals surface area (Å²) in [5.74, 6) is -1.27. The molecule has 5 atom stereocenters. The van der Waals surface area contributed by atoms with Crippen LogP contribution in [0.4, 0.5) is 0 Å². The standard InChI is InChI=1S/C91H178O17P2/c1-6-9-12-15-18-21-24-27-29-31-36-40-45-50-55-60-65-70-75-89(94)102-81-87(108-91(96)77-72-67-62-57-52-47-42-38-34-33-35-39-44-48-53-58-63-68-73-84(4)5)83-106-110(99,100)104-79-85(92)78-103-109(97,98)105-82-86(80-101-88(93)74-69-64-59-54-49-43-26-23-20-17-14-11-8-3)107-90(95)76-71-66-61-56-51-46-41-37-32-30-28-25-22-19-16-13-10-7-2/h84-87,92H,6-83H2,1-5H3,(H,97,98)(H,99,100)/t85-,86+,87+/m0/s1. The smallest absolute Gasteiger partial charge is 0.462 e. The maximum absolute atomic E-state index is 13.2. The van der Waals surface area contributed by atoms with Crippen molar-refractivity contribution >= 4 is 39.5 Å². The fraction of sp³-hybridized carbons (Fsp3) is 0.956. The van der Waals surface area contributed by atoms with Crippen LogP contribution in [0.15, 0.2) is 0 Å². The average molecular weight is 1610 g/mol. The summed E-state index contributed by atoms with van der Waals surface area (Å²) in [4.78, 5) is 73.5. The van der Waals surface area contributed by atoms with E-state index in [9.17, 15) is 43.2 Å². The van der Waals surface area contributed by atoms with Gasteiger partial charge in [0.1, 0.15) is 19.3 Å². The second kappa shape index (κ2) is 83.5. The van der Waals surface area contributed by atoms with Gasteiger partial charge in [-0.2, -0.15) is 0 Å². The zero-order chi connectivity index (χ0) is 80.4. The van der Waals surface area contributed by atoms with Crippen molar-refractivity contribution in [3.05, 3.63) is 0 Å². The fourth-order valence-electron chi connectivity index (χ4n) is 14.4. The molecule has 0 aliphatic rings. The number of ether oxygens (including phenoxy) is 4. The minimum Gasteiger partial charge on any atom is -0.462 e. The Morgan fingerprint density at radius 3 is 0.618 bits per heavy atom. The number of aliphatic hydroxyl groups excluding tert-OH is 1. The van der Waals surface area contributed by atoms with Crippen LogP contribution in [0, 0.1) is 5.92 Å². The van der Waals surface area contributed by atoms with Crippen LogP contribution < -0.4 is 0 Å². The number of rotatable bonds is 91. The second-order valence-corrected chi connectivity index (χ2v) is 36.1. The average Bonchev–Trinajstić information content (AvgIpc) is 0.898. The van der Waals surface area contributed by atoms with Gasteiger partial charge in [0.25, 0.3) is 0 Å². The predicted octanol–water partition coefficient (Wildman–Crippen LogP) is 28.3. The number of phosphoric ester groups is 2. The highest BCUT2D eigenvalue weighted by atomic mass is 31.2. The van der Waals surface area contributed by atoms with Crippen LogP contribution in [0.25, 0.3) is 0 Å². The van der Waals surface area contributed by atoms with Crippen LogP contribution in [-0.2, 0) is 65.4 Å². The van der Waals surface area contributed by atoms with E-state index in [0.29, 0.717) is 25.7 Å². The molecule has 110 heavy (non-hydrogen) atoms. The van der Waals surface area contributed by atoms with Gasteiger partial charge in [-0.25, -0.2) is 9.13 Å². The van der Waals surface area contributed by atoms with Gasteiger partial charge >= 0.3 is 39.5 Å².